The van der Waals surface area contributed by atoms with Gasteiger partial charge < -0.3 is 15.6 Å². The molecule has 8 heteroatoms. The molecule has 0 bridgehead atoms. The van der Waals surface area contributed by atoms with Crippen LogP contribution in [0.25, 0.3) is 5.69 Å². The van der Waals surface area contributed by atoms with E-state index in [9.17, 15) is 14.0 Å². The fourth-order valence-electron chi connectivity index (χ4n) is 1.96. The summed E-state index contributed by atoms with van der Waals surface area (Å²) in [5.74, 6) is -1.09. The van der Waals surface area contributed by atoms with Crippen molar-refractivity contribution in [3.63, 3.8) is 0 Å². The number of rotatable bonds is 6. The van der Waals surface area contributed by atoms with Gasteiger partial charge in [-0.25, -0.2) is 4.39 Å². The monoisotopic (exact) mass is 336 g/mol. The third-order valence-electron chi connectivity index (χ3n) is 3.08. The number of hydrogen-bond acceptors (Lipinski definition) is 3. The smallest absolute Gasteiger partial charge is 0.270 e. The first kappa shape index (κ1) is 16.9. The Morgan fingerprint density at radius 2 is 1.96 bits per heavy atom. The zero-order valence-corrected chi connectivity index (χ0v) is 13.4. The van der Waals surface area contributed by atoms with Gasteiger partial charge in [0.2, 0.25) is 5.91 Å². The standard InChI is InChI=1S/C15H17FN4O2S/c1-2-7-17-13(21)9-18-14(22)12-8-19-15(23)20(12)11-5-3-10(16)4-6-11/h3-6,8H,2,7,9H2,1H3,(H,17,21)(H,18,22)(H,19,23). The fraction of sp³-hybridized carbons (Fsp3) is 0.267. The number of nitrogens with zero attached hydrogens (tertiary/aromatic N) is 1. The first-order valence-electron chi connectivity index (χ1n) is 7.14. The van der Waals surface area contributed by atoms with Gasteiger partial charge in [-0.2, -0.15) is 0 Å². The number of halogens is 1. The molecule has 1 heterocycles. The summed E-state index contributed by atoms with van der Waals surface area (Å²) < 4.78 is 14.8. The molecule has 23 heavy (non-hydrogen) atoms. The third kappa shape index (κ3) is 4.26. The number of carbonyl (C=O) groups excluding carboxylic acids is 2. The second-order valence-corrected chi connectivity index (χ2v) is 5.21. The van der Waals surface area contributed by atoms with Crippen molar-refractivity contribution >= 4 is 24.0 Å². The van der Waals surface area contributed by atoms with Crippen LogP contribution in [0.1, 0.15) is 23.8 Å². The van der Waals surface area contributed by atoms with E-state index in [4.69, 9.17) is 12.2 Å². The Bertz CT molecular complexity index is 752. The van der Waals surface area contributed by atoms with Crippen LogP contribution in [0, 0.1) is 10.6 Å². The number of H-pyrrole nitrogens is 1. The minimum absolute atomic E-state index is 0.125. The quantitative estimate of drug-likeness (QED) is 0.705. The second-order valence-electron chi connectivity index (χ2n) is 4.82. The Labute approximate surface area is 137 Å². The third-order valence-corrected chi connectivity index (χ3v) is 3.38. The molecule has 0 atom stereocenters. The number of benzene rings is 1. The normalized spacial score (nSPS) is 10.3. The number of amides is 2. The van der Waals surface area contributed by atoms with Gasteiger partial charge in [0.25, 0.3) is 5.91 Å². The fourth-order valence-corrected chi connectivity index (χ4v) is 2.22. The van der Waals surface area contributed by atoms with Crippen molar-refractivity contribution in [2.75, 3.05) is 13.1 Å². The van der Waals surface area contributed by atoms with Crippen molar-refractivity contribution in [3.05, 3.63) is 46.7 Å². The lowest BCUT2D eigenvalue weighted by Crippen LogP contribution is -2.37. The van der Waals surface area contributed by atoms with Crippen LogP contribution >= 0.6 is 12.2 Å². The van der Waals surface area contributed by atoms with Gasteiger partial charge in [-0.1, -0.05) is 6.92 Å². The molecule has 0 aliphatic heterocycles. The van der Waals surface area contributed by atoms with Crippen LogP contribution in [0.4, 0.5) is 4.39 Å². The number of aromatic amines is 1. The van der Waals surface area contributed by atoms with Gasteiger partial charge in [0.15, 0.2) is 4.77 Å². The van der Waals surface area contributed by atoms with Gasteiger partial charge in [0.1, 0.15) is 11.5 Å². The summed E-state index contributed by atoms with van der Waals surface area (Å²) in [5, 5.41) is 5.20. The second kappa shape index (κ2) is 7.68. The van der Waals surface area contributed by atoms with Gasteiger partial charge >= 0.3 is 0 Å². The summed E-state index contributed by atoms with van der Waals surface area (Å²) in [6.45, 7) is 2.38. The van der Waals surface area contributed by atoms with Crippen molar-refractivity contribution in [2.24, 2.45) is 0 Å². The molecule has 2 aromatic rings. The Morgan fingerprint density at radius 3 is 2.61 bits per heavy atom. The van der Waals surface area contributed by atoms with Gasteiger partial charge in [-0.3, -0.25) is 14.2 Å². The van der Waals surface area contributed by atoms with Crippen LogP contribution in [0.2, 0.25) is 0 Å². The summed E-state index contributed by atoms with van der Waals surface area (Å²) >= 11 is 5.15. The van der Waals surface area contributed by atoms with Crippen molar-refractivity contribution < 1.29 is 14.0 Å². The average Bonchev–Trinajstić information content (AvgIpc) is 2.93. The molecule has 1 aromatic carbocycles. The number of aromatic nitrogens is 2. The molecule has 2 rings (SSSR count). The van der Waals surface area contributed by atoms with E-state index in [1.165, 1.54) is 35.0 Å². The van der Waals surface area contributed by atoms with Crippen LogP contribution in [-0.2, 0) is 4.79 Å². The molecule has 0 aliphatic carbocycles. The zero-order valence-electron chi connectivity index (χ0n) is 12.6. The molecule has 1 aromatic heterocycles. The number of carbonyl (C=O) groups is 2. The minimum atomic E-state index is -0.451. The molecule has 0 fully saturated rings. The molecular formula is C15H17FN4O2S. The molecule has 0 radical (unpaired) electrons. The lowest BCUT2D eigenvalue weighted by atomic mass is 10.3. The molecule has 0 saturated heterocycles. The van der Waals surface area contributed by atoms with E-state index in [2.05, 4.69) is 15.6 Å². The molecule has 2 amide bonds. The van der Waals surface area contributed by atoms with Crippen molar-refractivity contribution in [3.8, 4) is 5.69 Å². The van der Waals surface area contributed by atoms with Crippen LogP contribution < -0.4 is 10.6 Å². The zero-order chi connectivity index (χ0) is 16.8. The van der Waals surface area contributed by atoms with E-state index < -0.39 is 5.91 Å². The number of nitrogens with one attached hydrogen (secondary N) is 3. The molecule has 0 aliphatic rings. The lowest BCUT2D eigenvalue weighted by molar-refractivity contribution is -0.120. The first-order chi connectivity index (χ1) is 11.0. The first-order valence-corrected chi connectivity index (χ1v) is 7.55. The highest BCUT2D eigenvalue weighted by atomic mass is 32.1. The van der Waals surface area contributed by atoms with E-state index in [1.54, 1.807) is 0 Å². The van der Waals surface area contributed by atoms with E-state index in [0.717, 1.165) is 6.42 Å². The number of hydrogen-bond donors (Lipinski definition) is 3. The average molecular weight is 336 g/mol. The summed E-state index contributed by atoms with van der Waals surface area (Å²) in [6.07, 6.45) is 2.27. The van der Waals surface area contributed by atoms with Crippen molar-refractivity contribution in [2.45, 2.75) is 13.3 Å². The molecule has 0 unspecified atom stereocenters. The maximum absolute atomic E-state index is 13.0. The molecule has 122 valence electrons. The van der Waals surface area contributed by atoms with E-state index in [-0.39, 0.29) is 24.0 Å². The molecule has 0 spiro atoms. The molecular weight excluding hydrogens is 319 g/mol. The molecule has 0 saturated carbocycles. The predicted molar refractivity (Wildman–Crippen MR) is 86.5 cm³/mol. The van der Waals surface area contributed by atoms with Gasteiger partial charge in [0, 0.05) is 18.4 Å². The summed E-state index contributed by atoms with van der Waals surface area (Å²) in [4.78, 5) is 26.6. The Balaban J connectivity index is 2.14. The highest BCUT2D eigenvalue weighted by Crippen LogP contribution is 2.13. The summed E-state index contributed by atoms with van der Waals surface area (Å²) in [6, 6.07) is 5.60. The van der Waals surface area contributed by atoms with E-state index in [1.807, 2.05) is 6.92 Å². The van der Waals surface area contributed by atoms with Crippen LogP contribution in [0.5, 0.6) is 0 Å². The topological polar surface area (TPSA) is 78.9 Å². The van der Waals surface area contributed by atoms with Crippen LogP contribution in [0.15, 0.2) is 30.5 Å². The van der Waals surface area contributed by atoms with Crippen molar-refractivity contribution in [1.82, 2.24) is 20.2 Å². The highest BCUT2D eigenvalue weighted by molar-refractivity contribution is 7.71. The lowest BCUT2D eigenvalue weighted by Gasteiger charge is -2.09. The summed E-state index contributed by atoms with van der Waals surface area (Å²) in [5.41, 5.74) is 0.795. The van der Waals surface area contributed by atoms with Crippen molar-refractivity contribution in [1.29, 1.82) is 0 Å². The SMILES string of the molecule is CCCNC(=O)CNC(=O)c1c[nH]c(=S)n1-c1ccc(F)cc1. The Kier molecular flexibility index (Phi) is 5.64. The summed E-state index contributed by atoms with van der Waals surface area (Å²) in [7, 11) is 0. The maximum Gasteiger partial charge on any atom is 0.270 e. The maximum atomic E-state index is 13.0. The molecule has 6 nitrogen and oxygen atoms in total. The largest absolute Gasteiger partial charge is 0.355 e. The Morgan fingerprint density at radius 1 is 1.26 bits per heavy atom. The predicted octanol–water partition coefficient (Wildman–Crippen LogP) is 1.93. The van der Waals surface area contributed by atoms with Crippen LogP contribution in [0.3, 0.4) is 0 Å². The number of imidazole rings is 1. The minimum Gasteiger partial charge on any atom is -0.355 e. The van der Waals surface area contributed by atoms with Crippen LogP contribution in [-0.4, -0.2) is 34.5 Å². The van der Waals surface area contributed by atoms with Gasteiger partial charge in [-0.05, 0) is 42.9 Å². The van der Waals surface area contributed by atoms with E-state index in [0.29, 0.717) is 17.0 Å². The van der Waals surface area contributed by atoms with Gasteiger partial charge in [-0.15, -0.1) is 0 Å². The van der Waals surface area contributed by atoms with Gasteiger partial charge in [0.05, 0.1) is 6.54 Å². The molecule has 3 N–H and O–H groups in total. The Hall–Kier alpha value is -2.48. The van der Waals surface area contributed by atoms with E-state index >= 15 is 0 Å². The highest BCUT2D eigenvalue weighted by Gasteiger charge is 2.15.